The van der Waals surface area contributed by atoms with Crippen molar-refractivity contribution >= 4 is 41.8 Å². The first kappa shape index (κ1) is 18.6. The highest BCUT2D eigenvalue weighted by Crippen LogP contribution is 2.12. The molecule has 8 heteroatoms. The van der Waals surface area contributed by atoms with E-state index in [1.165, 1.54) is 12.1 Å². The molecule has 1 unspecified atom stereocenters. The number of hydrogen-bond donors (Lipinski definition) is 3. The van der Waals surface area contributed by atoms with Crippen LogP contribution in [0.5, 0.6) is 0 Å². The van der Waals surface area contributed by atoms with Gasteiger partial charge in [0.05, 0.1) is 17.6 Å². The quantitative estimate of drug-likeness (QED) is 0.803. The summed E-state index contributed by atoms with van der Waals surface area (Å²) in [6.07, 6.45) is 0.273. The third-order valence-corrected chi connectivity index (χ3v) is 2.45. The molecule has 0 fully saturated rings. The number of carbonyl (C=O) groups excluding carboxylic acids is 1. The van der Waals surface area contributed by atoms with Crippen molar-refractivity contribution in [1.29, 1.82) is 0 Å². The maximum atomic E-state index is 13.0. The van der Waals surface area contributed by atoms with Crippen molar-refractivity contribution in [3.63, 3.8) is 0 Å². The lowest BCUT2D eigenvalue weighted by Crippen LogP contribution is -2.29. The summed E-state index contributed by atoms with van der Waals surface area (Å²) >= 11 is 0. The van der Waals surface area contributed by atoms with Gasteiger partial charge >= 0.3 is 0 Å². The minimum Gasteiger partial charge on any atom is -0.349 e. The number of halogens is 3. The average molecular weight is 323 g/mol. The van der Waals surface area contributed by atoms with E-state index in [0.717, 1.165) is 0 Å². The molecule has 4 N–H and O–H groups in total. The van der Waals surface area contributed by atoms with E-state index >= 15 is 0 Å². The van der Waals surface area contributed by atoms with E-state index in [1.54, 1.807) is 13.0 Å². The number of amides is 1. The van der Waals surface area contributed by atoms with Crippen LogP contribution in [0.15, 0.2) is 18.2 Å². The summed E-state index contributed by atoms with van der Waals surface area (Å²) in [5.41, 5.74) is 6.81. The molecule has 0 radical (unpaired) electrons. The van der Waals surface area contributed by atoms with Crippen LogP contribution in [0.3, 0.4) is 0 Å². The van der Waals surface area contributed by atoms with Crippen molar-refractivity contribution in [2.24, 2.45) is 5.73 Å². The third kappa shape index (κ3) is 4.96. The van der Waals surface area contributed by atoms with Crippen molar-refractivity contribution in [3.8, 4) is 0 Å². The number of imidazole rings is 1. The molecule has 1 aromatic carbocycles. The van der Waals surface area contributed by atoms with Crippen LogP contribution in [0, 0.1) is 5.82 Å². The van der Waals surface area contributed by atoms with Crippen LogP contribution in [-0.4, -0.2) is 21.9 Å². The Morgan fingerprint density at radius 1 is 1.50 bits per heavy atom. The summed E-state index contributed by atoms with van der Waals surface area (Å²) in [7, 11) is 0. The predicted octanol–water partition coefficient (Wildman–Crippen LogP) is 1.90. The molecule has 2 rings (SSSR count). The Balaban J connectivity index is 0.00000180. The lowest BCUT2D eigenvalue weighted by atomic mass is 10.2. The Morgan fingerprint density at radius 2 is 2.20 bits per heavy atom. The first-order chi connectivity index (χ1) is 8.54. The predicted molar refractivity (Wildman–Crippen MR) is 80.7 cm³/mol. The van der Waals surface area contributed by atoms with Gasteiger partial charge in [-0.15, -0.1) is 24.8 Å². The van der Waals surface area contributed by atoms with Crippen molar-refractivity contribution in [1.82, 2.24) is 15.3 Å². The van der Waals surface area contributed by atoms with Gasteiger partial charge < -0.3 is 16.0 Å². The monoisotopic (exact) mass is 322 g/mol. The summed E-state index contributed by atoms with van der Waals surface area (Å²) < 4.78 is 13.0. The summed E-state index contributed by atoms with van der Waals surface area (Å²) in [5.74, 6) is 0.143. The molecule has 20 heavy (non-hydrogen) atoms. The molecule has 1 heterocycles. The summed E-state index contributed by atoms with van der Waals surface area (Å²) in [6.45, 7) is 2.05. The maximum absolute atomic E-state index is 13.0. The summed E-state index contributed by atoms with van der Waals surface area (Å²) in [6, 6.07) is 4.14. The van der Waals surface area contributed by atoms with Gasteiger partial charge in [0.2, 0.25) is 5.91 Å². The van der Waals surface area contributed by atoms with Gasteiger partial charge in [-0.05, 0) is 25.1 Å². The Kier molecular flexibility index (Phi) is 7.49. The number of aromatic amines is 1. The molecule has 0 aliphatic heterocycles. The van der Waals surface area contributed by atoms with Crippen LogP contribution < -0.4 is 11.1 Å². The van der Waals surface area contributed by atoms with Crippen molar-refractivity contribution in [3.05, 3.63) is 29.8 Å². The lowest BCUT2D eigenvalue weighted by Gasteiger charge is -2.05. The zero-order valence-electron chi connectivity index (χ0n) is 10.9. The maximum Gasteiger partial charge on any atom is 0.221 e. The average Bonchev–Trinajstić information content (AvgIpc) is 2.67. The van der Waals surface area contributed by atoms with Crippen molar-refractivity contribution in [2.45, 2.75) is 25.9 Å². The van der Waals surface area contributed by atoms with Crippen molar-refractivity contribution < 1.29 is 9.18 Å². The number of nitrogens with zero attached hydrogens (tertiary/aromatic N) is 1. The molecule has 1 amide bonds. The number of aromatic nitrogens is 2. The molecule has 0 bridgehead atoms. The number of carbonyl (C=O) groups is 1. The van der Waals surface area contributed by atoms with E-state index in [9.17, 15) is 9.18 Å². The fourth-order valence-electron chi connectivity index (χ4n) is 1.67. The van der Waals surface area contributed by atoms with Gasteiger partial charge in [-0.25, -0.2) is 9.37 Å². The Bertz CT molecular complexity index is 574. The van der Waals surface area contributed by atoms with Crippen LogP contribution >= 0.6 is 24.8 Å². The number of fused-ring (bicyclic) bond motifs is 1. The van der Waals surface area contributed by atoms with E-state index in [-0.39, 0.29) is 55.5 Å². The molecule has 0 aliphatic carbocycles. The first-order valence-electron chi connectivity index (χ1n) is 5.71. The second kappa shape index (κ2) is 8.04. The minimum atomic E-state index is -0.321. The van der Waals surface area contributed by atoms with Gasteiger partial charge in [-0.1, -0.05) is 0 Å². The van der Waals surface area contributed by atoms with Crippen LogP contribution in [0.4, 0.5) is 4.39 Å². The Hall–Kier alpha value is -1.37. The van der Waals surface area contributed by atoms with Crippen LogP contribution in [0.2, 0.25) is 0 Å². The standard InChI is InChI=1S/C12H15FN4O.2ClH/c1-7(14)4-12(18)15-6-11-16-9-3-2-8(13)5-10(9)17-11;;/h2-3,5,7H,4,6,14H2,1H3,(H,15,18)(H,16,17);2*1H. The number of rotatable bonds is 4. The molecule has 0 saturated heterocycles. The van der Waals surface area contributed by atoms with Gasteiger partial charge in [0.25, 0.3) is 0 Å². The molecule has 1 aromatic heterocycles. The highest BCUT2D eigenvalue weighted by molar-refractivity contribution is 5.85. The molecule has 112 valence electrons. The Labute approximate surface area is 128 Å². The zero-order valence-corrected chi connectivity index (χ0v) is 12.5. The van der Waals surface area contributed by atoms with E-state index < -0.39 is 0 Å². The molecule has 1 atom stereocenters. The number of nitrogens with two attached hydrogens (primary N) is 1. The molecule has 2 aromatic rings. The Morgan fingerprint density at radius 3 is 2.85 bits per heavy atom. The van der Waals surface area contributed by atoms with Gasteiger partial charge in [0.1, 0.15) is 11.6 Å². The number of hydrogen-bond acceptors (Lipinski definition) is 3. The van der Waals surface area contributed by atoms with Crippen molar-refractivity contribution in [2.75, 3.05) is 0 Å². The highest BCUT2D eigenvalue weighted by atomic mass is 35.5. The fraction of sp³-hybridized carbons (Fsp3) is 0.333. The van der Waals surface area contributed by atoms with E-state index in [0.29, 0.717) is 16.9 Å². The largest absolute Gasteiger partial charge is 0.349 e. The second-order valence-electron chi connectivity index (χ2n) is 4.30. The normalized spacial score (nSPS) is 11.3. The number of benzene rings is 1. The summed E-state index contributed by atoms with van der Waals surface area (Å²) in [5, 5.41) is 2.70. The molecular formula is C12H17Cl2FN4O. The van der Waals surface area contributed by atoms with Gasteiger partial charge in [0.15, 0.2) is 0 Å². The molecule has 0 spiro atoms. The zero-order chi connectivity index (χ0) is 13.1. The molecule has 0 saturated carbocycles. The number of H-pyrrole nitrogens is 1. The lowest BCUT2D eigenvalue weighted by molar-refractivity contribution is -0.121. The van der Waals surface area contributed by atoms with E-state index in [4.69, 9.17) is 5.73 Å². The van der Waals surface area contributed by atoms with E-state index in [2.05, 4.69) is 15.3 Å². The number of nitrogens with one attached hydrogen (secondary N) is 2. The molecular weight excluding hydrogens is 306 g/mol. The first-order valence-corrected chi connectivity index (χ1v) is 5.71. The fourth-order valence-corrected chi connectivity index (χ4v) is 1.67. The topological polar surface area (TPSA) is 83.8 Å². The van der Waals surface area contributed by atoms with Gasteiger partial charge in [-0.3, -0.25) is 4.79 Å². The highest BCUT2D eigenvalue weighted by Gasteiger charge is 2.07. The van der Waals surface area contributed by atoms with Gasteiger partial charge in [0, 0.05) is 12.5 Å². The summed E-state index contributed by atoms with van der Waals surface area (Å²) in [4.78, 5) is 18.6. The van der Waals surface area contributed by atoms with Crippen LogP contribution in [0.25, 0.3) is 11.0 Å². The molecule has 5 nitrogen and oxygen atoms in total. The minimum absolute atomic E-state index is 0. The third-order valence-electron chi connectivity index (χ3n) is 2.45. The van der Waals surface area contributed by atoms with Crippen LogP contribution in [-0.2, 0) is 11.3 Å². The molecule has 0 aliphatic rings. The second-order valence-corrected chi connectivity index (χ2v) is 4.30. The smallest absolute Gasteiger partial charge is 0.221 e. The van der Waals surface area contributed by atoms with Gasteiger partial charge in [-0.2, -0.15) is 0 Å². The van der Waals surface area contributed by atoms with Crippen LogP contribution in [0.1, 0.15) is 19.2 Å². The SMILES string of the molecule is CC(N)CC(=O)NCc1nc2ccc(F)cc2[nH]1.Cl.Cl. The van der Waals surface area contributed by atoms with E-state index in [1.807, 2.05) is 0 Å².